The van der Waals surface area contributed by atoms with Gasteiger partial charge in [0, 0.05) is 18.6 Å². The van der Waals surface area contributed by atoms with Gasteiger partial charge in [0.2, 0.25) is 0 Å². The number of piperidine rings is 1. The Morgan fingerprint density at radius 3 is 2.89 bits per heavy atom. The zero-order chi connectivity index (χ0) is 13.7. The van der Waals surface area contributed by atoms with Crippen molar-refractivity contribution in [3.8, 4) is 5.75 Å². The molecule has 3 heteroatoms. The van der Waals surface area contributed by atoms with Crippen LogP contribution in [0.1, 0.15) is 25.3 Å². The van der Waals surface area contributed by atoms with E-state index in [1.54, 1.807) is 7.11 Å². The van der Waals surface area contributed by atoms with E-state index in [1.165, 1.54) is 24.9 Å². The number of likely N-dealkylation sites (N-methyl/N-ethyl adjacent to an activating group) is 1. The Kier molecular flexibility index (Phi) is 5.23. The molecular formula is C16H26N2O. The van der Waals surface area contributed by atoms with Crippen LogP contribution in [-0.4, -0.2) is 44.2 Å². The van der Waals surface area contributed by atoms with Crippen LogP contribution in [0.25, 0.3) is 0 Å². The number of hydrogen-bond donors (Lipinski definition) is 1. The maximum absolute atomic E-state index is 5.44. The smallest absolute Gasteiger partial charge is 0.122 e. The average Bonchev–Trinajstić information content (AvgIpc) is 2.48. The van der Waals surface area contributed by atoms with Gasteiger partial charge in [0.25, 0.3) is 0 Å². The molecule has 2 rings (SSSR count). The van der Waals surface area contributed by atoms with E-state index in [1.807, 2.05) is 12.1 Å². The summed E-state index contributed by atoms with van der Waals surface area (Å²) in [6.45, 7) is 4.60. The van der Waals surface area contributed by atoms with Gasteiger partial charge in [0.05, 0.1) is 7.11 Å². The van der Waals surface area contributed by atoms with E-state index in [9.17, 15) is 0 Å². The van der Waals surface area contributed by atoms with Crippen molar-refractivity contribution in [3.05, 3.63) is 29.8 Å². The van der Waals surface area contributed by atoms with E-state index in [2.05, 4.69) is 36.3 Å². The van der Waals surface area contributed by atoms with Gasteiger partial charge in [0.15, 0.2) is 0 Å². The number of hydrogen-bond acceptors (Lipinski definition) is 3. The Hall–Kier alpha value is -1.06. The lowest BCUT2D eigenvalue weighted by molar-refractivity contribution is 0.154. The lowest BCUT2D eigenvalue weighted by Gasteiger charge is -2.36. The maximum atomic E-state index is 5.44. The molecule has 1 saturated heterocycles. The van der Waals surface area contributed by atoms with Crippen LogP contribution in [0.15, 0.2) is 24.3 Å². The summed E-state index contributed by atoms with van der Waals surface area (Å²) in [7, 11) is 4.00. The van der Waals surface area contributed by atoms with Crippen LogP contribution in [0, 0.1) is 0 Å². The summed E-state index contributed by atoms with van der Waals surface area (Å²) in [6.07, 6.45) is 3.63. The number of methoxy groups -OCH3 is 1. The molecule has 0 saturated carbocycles. The first kappa shape index (κ1) is 14.4. The number of para-hydroxylation sites is 1. The van der Waals surface area contributed by atoms with Crippen molar-refractivity contribution in [2.75, 3.05) is 27.2 Å². The molecular weight excluding hydrogens is 236 g/mol. The van der Waals surface area contributed by atoms with Gasteiger partial charge in [-0.25, -0.2) is 0 Å². The summed E-state index contributed by atoms with van der Waals surface area (Å²) < 4.78 is 5.44. The highest BCUT2D eigenvalue weighted by Crippen LogP contribution is 2.21. The monoisotopic (exact) mass is 262 g/mol. The second kappa shape index (κ2) is 6.92. The van der Waals surface area contributed by atoms with Crippen LogP contribution >= 0.6 is 0 Å². The Morgan fingerprint density at radius 1 is 1.42 bits per heavy atom. The molecule has 1 aliphatic heterocycles. The van der Waals surface area contributed by atoms with Crippen molar-refractivity contribution < 1.29 is 4.74 Å². The number of rotatable bonds is 5. The van der Waals surface area contributed by atoms with Gasteiger partial charge in [-0.05, 0) is 51.4 Å². The SMILES string of the molecule is COc1ccccc1CC(C)N(C)C1CCCNC1. The van der Waals surface area contributed by atoms with Crippen LogP contribution in [0.2, 0.25) is 0 Å². The van der Waals surface area contributed by atoms with E-state index in [0.29, 0.717) is 12.1 Å². The summed E-state index contributed by atoms with van der Waals surface area (Å²) in [4.78, 5) is 2.51. The molecule has 1 fully saturated rings. The molecule has 0 radical (unpaired) electrons. The van der Waals surface area contributed by atoms with E-state index in [0.717, 1.165) is 18.7 Å². The predicted molar refractivity (Wildman–Crippen MR) is 79.8 cm³/mol. The number of nitrogens with zero attached hydrogens (tertiary/aromatic N) is 1. The van der Waals surface area contributed by atoms with Crippen molar-refractivity contribution in [1.29, 1.82) is 0 Å². The normalized spacial score (nSPS) is 21.4. The molecule has 0 aromatic heterocycles. The number of benzene rings is 1. The first-order valence-corrected chi connectivity index (χ1v) is 7.27. The molecule has 1 heterocycles. The van der Waals surface area contributed by atoms with Gasteiger partial charge in [-0.1, -0.05) is 18.2 Å². The lowest BCUT2D eigenvalue weighted by Crippen LogP contribution is -2.48. The van der Waals surface area contributed by atoms with Crippen LogP contribution in [0.5, 0.6) is 5.75 Å². The van der Waals surface area contributed by atoms with Gasteiger partial charge in [0.1, 0.15) is 5.75 Å². The summed E-state index contributed by atoms with van der Waals surface area (Å²) >= 11 is 0. The Bertz CT molecular complexity index is 388. The zero-order valence-corrected chi connectivity index (χ0v) is 12.4. The highest BCUT2D eigenvalue weighted by Gasteiger charge is 2.22. The van der Waals surface area contributed by atoms with Crippen LogP contribution in [0.3, 0.4) is 0 Å². The molecule has 0 aliphatic carbocycles. The molecule has 0 amide bonds. The maximum Gasteiger partial charge on any atom is 0.122 e. The van der Waals surface area contributed by atoms with Crippen LogP contribution in [-0.2, 0) is 6.42 Å². The third-order valence-corrected chi connectivity index (χ3v) is 4.25. The van der Waals surface area contributed by atoms with E-state index >= 15 is 0 Å². The molecule has 2 unspecified atom stereocenters. The second-order valence-electron chi connectivity index (χ2n) is 5.53. The minimum Gasteiger partial charge on any atom is -0.496 e. The molecule has 3 nitrogen and oxygen atoms in total. The van der Waals surface area contributed by atoms with Crippen molar-refractivity contribution in [2.24, 2.45) is 0 Å². The lowest BCUT2D eigenvalue weighted by atomic mass is 10.0. The van der Waals surface area contributed by atoms with Crippen LogP contribution < -0.4 is 10.1 Å². The summed E-state index contributed by atoms with van der Waals surface area (Å²) in [5, 5.41) is 3.49. The van der Waals surface area contributed by atoms with Gasteiger partial charge in [-0.3, -0.25) is 4.90 Å². The topological polar surface area (TPSA) is 24.5 Å². The molecule has 19 heavy (non-hydrogen) atoms. The standard InChI is InChI=1S/C16H26N2O/c1-13(18(2)15-8-6-10-17-12-15)11-14-7-4-5-9-16(14)19-3/h4-5,7,9,13,15,17H,6,8,10-12H2,1-3H3. The Morgan fingerprint density at radius 2 is 2.21 bits per heavy atom. The second-order valence-corrected chi connectivity index (χ2v) is 5.53. The fourth-order valence-electron chi connectivity index (χ4n) is 2.87. The largest absolute Gasteiger partial charge is 0.496 e. The number of nitrogens with one attached hydrogen (secondary N) is 1. The predicted octanol–water partition coefficient (Wildman–Crippen LogP) is 2.31. The third-order valence-electron chi connectivity index (χ3n) is 4.25. The zero-order valence-electron chi connectivity index (χ0n) is 12.4. The third kappa shape index (κ3) is 3.71. The molecule has 0 bridgehead atoms. The van der Waals surface area contributed by atoms with Crippen molar-refractivity contribution in [2.45, 2.75) is 38.3 Å². The van der Waals surface area contributed by atoms with Crippen molar-refractivity contribution in [1.82, 2.24) is 10.2 Å². The van der Waals surface area contributed by atoms with E-state index in [4.69, 9.17) is 4.74 Å². The van der Waals surface area contributed by atoms with Gasteiger partial charge in [-0.2, -0.15) is 0 Å². The fraction of sp³-hybridized carbons (Fsp3) is 0.625. The van der Waals surface area contributed by atoms with Crippen molar-refractivity contribution in [3.63, 3.8) is 0 Å². The Labute approximate surface area is 116 Å². The number of ether oxygens (including phenoxy) is 1. The average molecular weight is 262 g/mol. The molecule has 1 aromatic rings. The molecule has 1 aromatic carbocycles. The van der Waals surface area contributed by atoms with Gasteiger partial charge < -0.3 is 10.1 Å². The minimum atomic E-state index is 0.529. The van der Waals surface area contributed by atoms with Gasteiger partial charge >= 0.3 is 0 Å². The highest BCUT2D eigenvalue weighted by molar-refractivity contribution is 5.33. The summed E-state index contributed by atoms with van der Waals surface area (Å²) in [6, 6.07) is 9.53. The molecule has 1 N–H and O–H groups in total. The molecule has 106 valence electrons. The quantitative estimate of drug-likeness (QED) is 0.881. The Balaban J connectivity index is 1.97. The van der Waals surface area contributed by atoms with E-state index in [-0.39, 0.29) is 0 Å². The summed E-state index contributed by atoms with van der Waals surface area (Å²) in [5.41, 5.74) is 1.30. The fourth-order valence-corrected chi connectivity index (χ4v) is 2.87. The van der Waals surface area contributed by atoms with E-state index < -0.39 is 0 Å². The van der Waals surface area contributed by atoms with Crippen molar-refractivity contribution >= 4 is 0 Å². The van der Waals surface area contributed by atoms with Gasteiger partial charge in [-0.15, -0.1) is 0 Å². The molecule has 0 spiro atoms. The minimum absolute atomic E-state index is 0.529. The molecule has 1 aliphatic rings. The molecule has 2 atom stereocenters. The van der Waals surface area contributed by atoms with Crippen LogP contribution in [0.4, 0.5) is 0 Å². The first-order valence-electron chi connectivity index (χ1n) is 7.27. The summed E-state index contributed by atoms with van der Waals surface area (Å²) in [5.74, 6) is 1.00. The first-order chi connectivity index (χ1) is 9.22. The highest BCUT2D eigenvalue weighted by atomic mass is 16.5.